The van der Waals surface area contributed by atoms with Crippen molar-refractivity contribution in [2.24, 2.45) is 52.3 Å². The molecule has 4 N–H and O–H groups in total. The molecule has 0 radical (unpaired) electrons. The molecular formula is C30H52N2O4. The molecule has 0 spiro atoms. The van der Waals surface area contributed by atoms with Crippen molar-refractivity contribution >= 4 is 11.8 Å². The predicted molar refractivity (Wildman–Crippen MR) is 142 cm³/mol. The van der Waals surface area contributed by atoms with E-state index in [-0.39, 0.29) is 53.4 Å². The van der Waals surface area contributed by atoms with Crippen LogP contribution in [0.2, 0.25) is 0 Å². The third-order valence-corrected chi connectivity index (χ3v) is 11.5. The second-order valence-corrected chi connectivity index (χ2v) is 14.0. The van der Waals surface area contributed by atoms with Gasteiger partial charge in [-0.2, -0.15) is 0 Å². The molecule has 36 heavy (non-hydrogen) atoms. The van der Waals surface area contributed by atoms with Crippen LogP contribution in [0.25, 0.3) is 0 Å². The number of hydrogen-bond acceptors (Lipinski definition) is 4. The number of nitrogens with one attached hydrogen (secondary N) is 2. The van der Waals surface area contributed by atoms with Crippen molar-refractivity contribution in [3.63, 3.8) is 0 Å². The number of fused-ring (bicyclic) bond motifs is 5. The highest BCUT2D eigenvalue weighted by atomic mass is 16.3. The molecule has 4 aliphatic rings. The highest BCUT2D eigenvalue weighted by molar-refractivity contribution is 5.84. The minimum atomic E-state index is -0.352. The van der Waals surface area contributed by atoms with E-state index in [1.54, 1.807) is 0 Å². The molecule has 206 valence electrons. The lowest BCUT2D eigenvalue weighted by Gasteiger charge is -2.63. The van der Waals surface area contributed by atoms with Gasteiger partial charge in [-0.25, -0.2) is 0 Å². The van der Waals surface area contributed by atoms with E-state index >= 15 is 0 Å². The van der Waals surface area contributed by atoms with Crippen molar-refractivity contribution in [3.05, 3.63) is 0 Å². The Kier molecular flexibility index (Phi) is 8.17. The average Bonchev–Trinajstić information content (AvgIpc) is 3.16. The normalized spacial score (nSPS) is 44.8. The van der Waals surface area contributed by atoms with Gasteiger partial charge in [0, 0.05) is 12.5 Å². The summed E-state index contributed by atoms with van der Waals surface area (Å²) in [4.78, 5) is 24.3. The summed E-state index contributed by atoms with van der Waals surface area (Å²) < 4.78 is 0. The van der Waals surface area contributed by atoms with Gasteiger partial charge in [-0.05, 0) is 111 Å². The van der Waals surface area contributed by atoms with Gasteiger partial charge in [0.25, 0.3) is 0 Å². The maximum atomic E-state index is 12.4. The number of aliphatic hydroxyl groups excluding tert-OH is 2. The third-order valence-electron chi connectivity index (χ3n) is 11.5. The highest BCUT2D eigenvalue weighted by Gasteiger charge is 2.65. The van der Waals surface area contributed by atoms with Crippen molar-refractivity contribution in [1.29, 1.82) is 0 Å². The first kappa shape index (κ1) is 27.9. The van der Waals surface area contributed by atoms with Crippen LogP contribution in [0.1, 0.15) is 99.3 Å². The van der Waals surface area contributed by atoms with Gasteiger partial charge in [0.05, 0.1) is 18.8 Å². The number of hydrogen-bond donors (Lipinski definition) is 4. The summed E-state index contributed by atoms with van der Waals surface area (Å²) in [6.07, 6.45) is 8.13. The summed E-state index contributed by atoms with van der Waals surface area (Å²) in [6.45, 7) is 13.2. The zero-order valence-electron chi connectivity index (χ0n) is 23.6. The second kappa shape index (κ2) is 10.6. The zero-order chi connectivity index (χ0) is 26.4. The number of carbonyl (C=O) groups excluding carboxylic acids is 2. The highest BCUT2D eigenvalue weighted by Crippen LogP contribution is 2.68. The molecule has 0 heterocycles. The lowest BCUT2D eigenvalue weighted by molar-refractivity contribution is -0.203. The molecule has 2 amide bonds. The monoisotopic (exact) mass is 504 g/mol. The molecule has 6 nitrogen and oxygen atoms in total. The Labute approximate surface area is 218 Å². The molecule has 4 saturated carbocycles. The van der Waals surface area contributed by atoms with Gasteiger partial charge < -0.3 is 20.8 Å². The van der Waals surface area contributed by atoms with E-state index in [2.05, 4.69) is 38.3 Å². The summed E-state index contributed by atoms with van der Waals surface area (Å²) in [5.74, 6) is 2.76. The molecule has 4 rings (SSSR count). The predicted octanol–water partition coefficient (Wildman–Crippen LogP) is 4.28. The van der Waals surface area contributed by atoms with Gasteiger partial charge >= 0.3 is 0 Å². The molecule has 4 fully saturated rings. The standard InChI is InChI=1S/C30H52N2O4/c1-17(2)32-27(36)16-31-26(35)10-7-19(4)21-8-9-22-28-23(15-25(34)30(21,22)6)29(5)12-11-18(3)13-20(29)14-24(28)33/h17-25,28,33-34H,7-16H2,1-6H3,(H,31,35)(H,32,36)/t18-,19-,20+,21-,22+,23+,24-,25+,28+,29+,30-/m0/s1. The van der Waals surface area contributed by atoms with Gasteiger partial charge in [-0.3, -0.25) is 9.59 Å². The van der Waals surface area contributed by atoms with Crippen LogP contribution in [0.15, 0.2) is 0 Å². The van der Waals surface area contributed by atoms with Crippen LogP contribution in [0.4, 0.5) is 0 Å². The lowest BCUT2D eigenvalue weighted by atomic mass is 9.42. The number of amides is 2. The van der Waals surface area contributed by atoms with Gasteiger partial charge in [-0.15, -0.1) is 0 Å². The van der Waals surface area contributed by atoms with Crippen LogP contribution in [-0.4, -0.2) is 46.8 Å². The molecular weight excluding hydrogens is 452 g/mol. The van der Waals surface area contributed by atoms with E-state index in [4.69, 9.17) is 0 Å². The lowest BCUT2D eigenvalue weighted by Crippen LogP contribution is -2.62. The topological polar surface area (TPSA) is 98.7 Å². The molecule has 4 aliphatic carbocycles. The number of aliphatic hydroxyl groups is 2. The molecule has 0 aromatic heterocycles. The fraction of sp³-hybridized carbons (Fsp3) is 0.933. The van der Waals surface area contributed by atoms with Crippen molar-refractivity contribution < 1.29 is 19.8 Å². The van der Waals surface area contributed by atoms with E-state index in [1.165, 1.54) is 19.3 Å². The van der Waals surface area contributed by atoms with E-state index in [0.717, 1.165) is 38.0 Å². The van der Waals surface area contributed by atoms with Crippen LogP contribution in [0.5, 0.6) is 0 Å². The average molecular weight is 505 g/mol. The van der Waals surface area contributed by atoms with Gasteiger partial charge in [0.2, 0.25) is 11.8 Å². The van der Waals surface area contributed by atoms with Crippen molar-refractivity contribution in [3.8, 4) is 0 Å². The molecule has 0 aromatic carbocycles. The Morgan fingerprint density at radius 3 is 2.39 bits per heavy atom. The maximum Gasteiger partial charge on any atom is 0.239 e. The molecule has 0 aliphatic heterocycles. The van der Waals surface area contributed by atoms with Crippen molar-refractivity contribution in [2.45, 2.75) is 118 Å². The van der Waals surface area contributed by atoms with E-state index in [0.29, 0.717) is 36.0 Å². The van der Waals surface area contributed by atoms with Crippen LogP contribution < -0.4 is 10.6 Å². The quantitative estimate of drug-likeness (QED) is 0.416. The fourth-order valence-electron chi connectivity index (χ4n) is 9.57. The zero-order valence-corrected chi connectivity index (χ0v) is 23.6. The first-order chi connectivity index (χ1) is 16.9. The first-order valence-corrected chi connectivity index (χ1v) is 14.8. The largest absolute Gasteiger partial charge is 0.393 e. The SMILES string of the molecule is CC(C)NC(=O)CNC(=O)CC[C@H](C)[C@@H]1CC[C@@H]2[C@@H]3[C@@H](C[C@@H](O)[C@]21C)[C@]1(C)CC[C@H](C)C[C@@H]1C[C@@H]3O. The molecule has 0 saturated heterocycles. The van der Waals surface area contributed by atoms with Crippen molar-refractivity contribution in [2.75, 3.05) is 6.54 Å². The third kappa shape index (κ3) is 4.98. The smallest absolute Gasteiger partial charge is 0.239 e. The number of carbonyl (C=O) groups is 2. The Hall–Kier alpha value is -1.14. The van der Waals surface area contributed by atoms with Crippen LogP contribution in [0, 0.1) is 52.3 Å². The first-order valence-electron chi connectivity index (χ1n) is 14.8. The van der Waals surface area contributed by atoms with Crippen LogP contribution in [-0.2, 0) is 9.59 Å². The summed E-state index contributed by atoms with van der Waals surface area (Å²) in [5.41, 5.74) is 0.0305. The van der Waals surface area contributed by atoms with Gasteiger partial charge in [-0.1, -0.05) is 34.1 Å². The van der Waals surface area contributed by atoms with Crippen molar-refractivity contribution in [1.82, 2.24) is 10.6 Å². The van der Waals surface area contributed by atoms with E-state index in [9.17, 15) is 19.8 Å². The van der Waals surface area contributed by atoms with E-state index in [1.807, 2.05) is 13.8 Å². The van der Waals surface area contributed by atoms with Crippen LogP contribution >= 0.6 is 0 Å². The molecule has 6 heteroatoms. The molecule has 0 bridgehead atoms. The Morgan fingerprint density at radius 2 is 1.69 bits per heavy atom. The summed E-state index contributed by atoms with van der Waals surface area (Å²) in [5, 5.41) is 28.8. The Balaban J connectivity index is 1.41. The summed E-state index contributed by atoms with van der Waals surface area (Å²) in [6, 6.07) is 0.0600. The summed E-state index contributed by atoms with van der Waals surface area (Å²) >= 11 is 0. The second-order valence-electron chi connectivity index (χ2n) is 14.0. The Morgan fingerprint density at radius 1 is 0.972 bits per heavy atom. The molecule has 0 unspecified atom stereocenters. The van der Waals surface area contributed by atoms with Gasteiger partial charge in [0.1, 0.15) is 0 Å². The minimum absolute atomic E-state index is 0.0207. The van der Waals surface area contributed by atoms with Gasteiger partial charge in [0.15, 0.2) is 0 Å². The van der Waals surface area contributed by atoms with Crippen LogP contribution in [0.3, 0.4) is 0 Å². The van der Waals surface area contributed by atoms with E-state index < -0.39 is 0 Å². The molecule has 11 atom stereocenters. The minimum Gasteiger partial charge on any atom is -0.393 e. The number of rotatable bonds is 7. The fourth-order valence-corrected chi connectivity index (χ4v) is 9.57. The Bertz CT molecular complexity index is 817. The molecule has 0 aromatic rings. The maximum absolute atomic E-state index is 12.4. The summed E-state index contributed by atoms with van der Waals surface area (Å²) in [7, 11) is 0.